The van der Waals surface area contributed by atoms with Gasteiger partial charge in [0.2, 0.25) is 0 Å². The van der Waals surface area contributed by atoms with E-state index in [2.05, 4.69) is 53.8 Å². The molecule has 0 fully saturated rings. The molecule has 0 radical (unpaired) electrons. The zero-order chi connectivity index (χ0) is 13.8. The lowest BCUT2D eigenvalue weighted by Crippen LogP contribution is -2.29. The Kier molecular flexibility index (Phi) is 4.14. The van der Waals surface area contributed by atoms with Crippen LogP contribution in [-0.4, -0.2) is 13.2 Å². The average molecular weight is 267 g/mol. The van der Waals surface area contributed by atoms with Crippen molar-refractivity contribution in [3.05, 3.63) is 70.8 Å². The zero-order valence-corrected chi connectivity index (χ0v) is 11.9. The third-order valence-corrected chi connectivity index (χ3v) is 4.05. The lowest BCUT2D eigenvalue weighted by atomic mass is 10.1. The van der Waals surface area contributed by atoms with Gasteiger partial charge in [-0.15, -0.1) is 0 Å². The summed E-state index contributed by atoms with van der Waals surface area (Å²) in [7, 11) is 1.75. The number of benzene rings is 2. The second kappa shape index (κ2) is 6.21. The van der Waals surface area contributed by atoms with Crippen LogP contribution in [0.15, 0.2) is 48.5 Å². The fraction of sp³-hybridized carbons (Fsp3) is 0.333. The molecule has 0 aliphatic heterocycles. The number of rotatable bonds is 5. The fourth-order valence-corrected chi connectivity index (χ4v) is 2.98. The van der Waals surface area contributed by atoms with Crippen LogP contribution in [0.25, 0.3) is 0 Å². The van der Waals surface area contributed by atoms with E-state index < -0.39 is 0 Å². The molecule has 0 spiro atoms. The summed E-state index contributed by atoms with van der Waals surface area (Å²) in [6, 6.07) is 17.8. The zero-order valence-electron chi connectivity index (χ0n) is 11.9. The summed E-state index contributed by atoms with van der Waals surface area (Å²) in [6.45, 7) is 1.60. The molecular weight excluding hydrogens is 246 g/mol. The topological polar surface area (TPSA) is 21.3 Å². The molecule has 3 rings (SSSR count). The van der Waals surface area contributed by atoms with Crippen LogP contribution in [0.5, 0.6) is 0 Å². The summed E-state index contributed by atoms with van der Waals surface area (Å²) in [5.74, 6) is 0. The van der Waals surface area contributed by atoms with Gasteiger partial charge in [0.1, 0.15) is 0 Å². The van der Waals surface area contributed by atoms with E-state index in [9.17, 15) is 0 Å². The van der Waals surface area contributed by atoms with E-state index >= 15 is 0 Å². The Labute approximate surface area is 120 Å². The molecule has 1 aliphatic carbocycles. The summed E-state index contributed by atoms with van der Waals surface area (Å²) in [5.41, 5.74) is 5.61. The second-order valence-corrected chi connectivity index (χ2v) is 5.46. The molecule has 1 N–H and O–H groups in total. The average Bonchev–Trinajstić information content (AvgIpc) is 2.89. The summed E-state index contributed by atoms with van der Waals surface area (Å²) in [4.78, 5) is 0. The van der Waals surface area contributed by atoms with Crippen molar-refractivity contribution in [2.75, 3.05) is 7.11 Å². The lowest BCUT2D eigenvalue weighted by molar-refractivity contribution is 0.184. The smallest absolute Gasteiger partial charge is 0.0716 e. The maximum absolute atomic E-state index is 5.26. The molecule has 0 amide bonds. The first-order valence-corrected chi connectivity index (χ1v) is 7.22. The molecular formula is C18H21NO. The third-order valence-electron chi connectivity index (χ3n) is 4.05. The standard InChI is InChI=1S/C18H21NO/c1-20-13-17-9-5-4-8-16(17)12-19-18-10-14-6-2-3-7-15(14)11-18/h2-9,18-19H,10-13H2,1H3. The van der Waals surface area contributed by atoms with Gasteiger partial charge in [-0.05, 0) is 35.1 Å². The van der Waals surface area contributed by atoms with Crippen molar-refractivity contribution in [2.45, 2.75) is 32.0 Å². The van der Waals surface area contributed by atoms with Crippen LogP contribution < -0.4 is 5.32 Å². The number of fused-ring (bicyclic) bond motifs is 1. The quantitative estimate of drug-likeness (QED) is 0.899. The second-order valence-electron chi connectivity index (χ2n) is 5.46. The highest BCUT2D eigenvalue weighted by Crippen LogP contribution is 2.22. The van der Waals surface area contributed by atoms with Gasteiger partial charge in [0.05, 0.1) is 6.61 Å². The highest BCUT2D eigenvalue weighted by molar-refractivity contribution is 5.33. The molecule has 0 saturated carbocycles. The summed E-state index contributed by atoms with van der Waals surface area (Å²) in [5, 5.41) is 3.69. The first-order chi connectivity index (χ1) is 9.86. The number of methoxy groups -OCH3 is 1. The molecule has 0 aromatic heterocycles. The van der Waals surface area contributed by atoms with Crippen molar-refractivity contribution < 1.29 is 4.74 Å². The van der Waals surface area contributed by atoms with Gasteiger partial charge in [0.15, 0.2) is 0 Å². The SMILES string of the molecule is COCc1ccccc1CNC1Cc2ccccc2C1. The van der Waals surface area contributed by atoms with Gasteiger partial charge in [-0.25, -0.2) is 0 Å². The first kappa shape index (κ1) is 13.3. The monoisotopic (exact) mass is 267 g/mol. The van der Waals surface area contributed by atoms with Gasteiger partial charge in [-0.2, -0.15) is 0 Å². The van der Waals surface area contributed by atoms with Gasteiger partial charge in [0.25, 0.3) is 0 Å². The molecule has 2 heteroatoms. The Balaban J connectivity index is 1.61. The van der Waals surface area contributed by atoms with E-state index in [0.717, 1.165) is 19.4 Å². The first-order valence-electron chi connectivity index (χ1n) is 7.22. The Hall–Kier alpha value is -1.64. The number of hydrogen-bond acceptors (Lipinski definition) is 2. The van der Waals surface area contributed by atoms with E-state index in [1.165, 1.54) is 22.3 Å². The maximum atomic E-state index is 5.26. The molecule has 2 nitrogen and oxygen atoms in total. The Morgan fingerprint density at radius 3 is 2.20 bits per heavy atom. The molecule has 0 bridgehead atoms. The highest BCUT2D eigenvalue weighted by atomic mass is 16.5. The summed E-state index contributed by atoms with van der Waals surface area (Å²) in [6.07, 6.45) is 2.28. The number of ether oxygens (including phenoxy) is 1. The summed E-state index contributed by atoms with van der Waals surface area (Å²) < 4.78 is 5.26. The van der Waals surface area contributed by atoms with Crippen LogP contribution >= 0.6 is 0 Å². The van der Waals surface area contributed by atoms with Crippen molar-refractivity contribution in [3.8, 4) is 0 Å². The largest absolute Gasteiger partial charge is 0.380 e. The van der Waals surface area contributed by atoms with Crippen LogP contribution in [0.3, 0.4) is 0 Å². The van der Waals surface area contributed by atoms with Crippen molar-refractivity contribution in [3.63, 3.8) is 0 Å². The molecule has 1 aliphatic rings. The van der Waals surface area contributed by atoms with E-state index in [1.807, 2.05) is 0 Å². The molecule has 20 heavy (non-hydrogen) atoms. The van der Waals surface area contributed by atoms with Crippen molar-refractivity contribution in [1.82, 2.24) is 5.32 Å². The molecule has 104 valence electrons. The van der Waals surface area contributed by atoms with Crippen LogP contribution in [0.4, 0.5) is 0 Å². The van der Waals surface area contributed by atoms with Crippen LogP contribution in [-0.2, 0) is 30.7 Å². The normalized spacial score (nSPS) is 14.4. The van der Waals surface area contributed by atoms with Gasteiger partial charge < -0.3 is 10.1 Å². The summed E-state index contributed by atoms with van der Waals surface area (Å²) >= 11 is 0. The van der Waals surface area contributed by atoms with Crippen LogP contribution in [0, 0.1) is 0 Å². The molecule has 0 heterocycles. The predicted octanol–water partition coefficient (Wildman–Crippen LogP) is 3.09. The van der Waals surface area contributed by atoms with Crippen LogP contribution in [0.1, 0.15) is 22.3 Å². The van der Waals surface area contributed by atoms with Crippen molar-refractivity contribution in [2.24, 2.45) is 0 Å². The highest BCUT2D eigenvalue weighted by Gasteiger charge is 2.20. The van der Waals surface area contributed by atoms with Gasteiger partial charge in [-0.3, -0.25) is 0 Å². The van der Waals surface area contributed by atoms with E-state index in [0.29, 0.717) is 12.6 Å². The van der Waals surface area contributed by atoms with E-state index in [4.69, 9.17) is 4.74 Å². The minimum absolute atomic E-state index is 0.558. The Morgan fingerprint density at radius 1 is 0.950 bits per heavy atom. The number of nitrogens with one attached hydrogen (secondary N) is 1. The maximum Gasteiger partial charge on any atom is 0.0716 e. The minimum atomic E-state index is 0.558. The van der Waals surface area contributed by atoms with Gasteiger partial charge in [0, 0.05) is 19.7 Å². The molecule has 2 aromatic carbocycles. The van der Waals surface area contributed by atoms with Crippen LogP contribution in [0.2, 0.25) is 0 Å². The predicted molar refractivity (Wildman–Crippen MR) is 81.6 cm³/mol. The Morgan fingerprint density at radius 2 is 1.55 bits per heavy atom. The van der Waals surface area contributed by atoms with E-state index in [1.54, 1.807) is 7.11 Å². The molecule has 0 unspecified atom stereocenters. The fourth-order valence-electron chi connectivity index (χ4n) is 2.98. The molecule has 0 atom stereocenters. The molecule has 2 aromatic rings. The minimum Gasteiger partial charge on any atom is -0.380 e. The Bertz CT molecular complexity index is 554. The van der Waals surface area contributed by atoms with Gasteiger partial charge in [-0.1, -0.05) is 48.5 Å². The van der Waals surface area contributed by atoms with Crippen molar-refractivity contribution >= 4 is 0 Å². The number of hydrogen-bond donors (Lipinski definition) is 1. The third kappa shape index (κ3) is 2.92. The lowest BCUT2D eigenvalue weighted by Gasteiger charge is -2.14. The van der Waals surface area contributed by atoms with E-state index in [-0.39, 0.29) is 0 Å². The molecule has 0 saturated heterocycles. The van der Waals surface area contributed by atoms with Gasteiger partial charge >= 0.3 is 0 Å². The van der Waals surface area contributed by atoms with Crippen molar-refractivity contribution in [1.29, 1.82) is 0 Å².